The van der Waals surface area contributed by atoms with Crippen LogP contribution in [0.5, 0.6) is 0 Å². The first-order valence-electron chi connectivity index (χ1n) is 5.53. The molecule has 0 aliphatic rings. The van der Waals surface area contributed by atoms with Crippen LogP contribution in [-0.2, 0) is 9.53 Å². The topological polar surface area (TPSA) is 46.5 Å². The predicted molar refractivity (Wildman–Crippen MR) is 68.0 cm³/mol. The van der Waals surface area contributed by atoms with Gasteiger partial charge in [-0.2, -0.15) is 0 Å². The molecule has 0 amide bonds. The number of rotatable bonds is 4. The Balaban J connectivity index is 2.13. The summed E-state index contributed by atoms with van der Waals surface area (Å²) < 4.78 is 5.93. The maximum atomic E-state index is 11.3. The molecule has 0 spiro atoms. The lowest BCUT2D eigenvalue weighted by atomic mass is 10.2. The van der Waals surface area contributed by atoms with E-state index in [-0.39, 0.29) is 12.4 Å². The van der Waals surface area contributed by atoms with Gasteiger partial charge in [0.05, 0.1) is 19.1 Å². The van der Waals surface area contributed by atoms with E-state index in [0.29, 0.717) is 6.61 Å². The SMILES string of the molecule is CCOC(=O)C[C@@H](O)c1cc2ccccc2s1. The fourth-order valence-corrected chi connectivity index (χ4v) is 2.70. The van der Waals surface area contributed by atoms with E-state index in [9.17, 15) is 9.90 Å². The minimum Gasteiger partial charge on any atom is -0.466 e. The van der Waals surface area contributed by atoms with Crippen molar-refractivity contribution in [2.75, 3.05) is 6.61 Å². The summed E-state index contributed by atoms with van der Waals surface area (Å²) in [7, 11) is 0. The summed E-state index contributed by atoms with van der Waals surface area (Å²) in [6, 6.07) is 9.83. The third kappa shape index (κ3) is 2.84. The Kier molecular flexibility index (Phi) is 3.76. The van der Waals surface area contributed by atoms with Gasteiger partial charge in [0.15, 0.2) is 0 Å². The highest BCUT2D eigenvalue weighted by Gasteiger charge is 2.16. The third-order valence-corrected chi connectivity index (χ3v) is 3.66. The van der Waals surface area contributed by atoms with Crippen molar-refractivity contribution in [2.24, 2.45) is 0 Å². The number of carbonyl (C=O) groups excluding carboxylic acids is 1. The van der Waals surface area contributed by atoms with Gasteiger partial charge < -0.3 is 9.84 Å². The van der Waals surface area contributed by atoms with Crippen LogP contribution < -0.4 is 0 Å². The third-order valence-electron chi connectivity index (χ3n) is 2.44. The summed E-state index contributed by atoms with van der Waals surface area (Å²) in [6.07, 6.45) is -0.757. The summed E-state index contributed by atoms with van der Waals surface area (Å²) in [5, 5.41) is 11.0. The Morgan fingerprint density at radius 1 is 1.47 bits per heavy atom. The lowest BCUT2D eigenvalue weighted by Crippen LogP contribution is -2.09. The van der Waals surface area contributed by atoms with Crippen molar-refractivity contribution in [2.45, 2.75) is 19.4 Å². The minimum atomic E-state index is -0.772. The van der Waals surface area contributed by atoms with Crippen LogP contribution >= 0.6 is 11.3 Å². The molecule has 1 aromatic heterocycles. The van der Waals surface area contributed by atoms with Crippen LogP contribution in [0.2, 0.25) is 0 Å². The molecule has 0 saturated carbocycles. The molecular formula is C13H14O3S. The standard InChI is InChI=1S/C13H14O3S/c1-2-16-13(15)8-10(14)12-7-9-5-3-4-6-11(9)17-12/h3-7,10,14H,2,8H2,1H3/t10-/m1/s1. The van der Waals surface area contributed by atoms with Crippen LogP contribution in [0.1, 0.15) is 24.3 Å². The number of aliphatic hydroxyl groups is 1. The summed E-state index contributed by atoms with van der Waals surface area (Å²) in [5.41, 5.74) is 0. The number of carbonyl (C=O) groups is 1. The van der Waals surface area contributed by atoms with Gasteiger partial charge in [-0.25, -0.2) is 0 Å². The molecule has 2 rings (SSSR count). The van der Waals surface area contributed by atoms with Gasteiger partial charge in [0.2, 0.25) is 0 Å². The second-order valence-corrected chi connectivity index (χ2v) is 4.83. The molecule has 0 unspecified atom stereocenters. The van der Waals surface area contributed by atoms with E-state index < -0.39 is 6.10 Å². The van der Waals surface area contributed by atoms with Crippen molar-refractivity contribution in [1.29, 1.82) is 0 Å². The second kappa shape index (κ2) is 5.29. The van der Waals surface area contributed by atoms with Gasteiger partial charge in [-0.1, -0.05) is 18.2 Å². The van der Waals surface area contributed by atoms with Gasteiger partial charge in [-0.15, -0.1) is 11.3 Å². The van der Waals surface area contributed by atoms with Gasteiger partial charge in [0.1, 0.15) is 0 Å². The van der Waals surface area contributed by atoms with Crippen molar-refractivity contribution in [3.63, 3.8) is 0 Å². The fraction of sp³-hybridized carbons (Fsp3) is 0.308. The van der Waals surface area contributed by atoms with E-state index in [1.807, 2.05) is 30.3 Å². The van der Waals surface area contributed by atoms with Gasteiger partial charge in [0, 0.05) is 9.58 Å². The predicted octanol–water partition coefficient (Wildman–Crippen LogP) is 2.89. The van der Waals surface area contributed by atoms with Crippen LogP contribution in [-0.4, -0.2) is 17.7 Å². The molecule has 0 saturated heterocycles. The van der Waals surface area contributed by atoms with Crippen molar-refractivity contribution < 1.29 is 14.6 Å². The van der Waals surface area contributed by atoms with E-state index in [0.717, 1.165) is 15.0 Å². The zero-order valence-electron chi connectivity index (χ0n) is 9.55. The molecule has 2 aromatic rings. The van der Waals surface area contributed by atoms with Gasteiger partial charge >= 0.3 is 5.97 Å². The number of esters is 1. The summed E-state index contributed by atoms with van der Waals surface area (Å²) >= 11 is 1.51. The molecule has 1 N–H and O–H groups in total. The molecule has 1 heterocycles. The fourth-order valence-electron chi connectivity index (χ4n) is 1.65. The van der Waals surface area contributed by atoms with E-state index in [2.05, 4.69) is 0 Å². The highest BCUT2D eigenvalue weighted by molar-refractivity contribution is 7.19. The number of hydrogen-bond donors (Lipinski definition) is 1. The van der Waals surface area contributed by atoms with Crippen LogP contribution in [0, 0.1) is 0 Å². The van der Waals surface area contributed by atoms with Gasteiger partial charge in [-0.3, -0.25) is 4.79 Å². The zero-order valence-corrected chi connectivity index (χ0v) is 10.4. The summed E-state index contributed by atoms with van der Waals surface area (Å²) in [5.74, 6) is -0.363. The molecular weight excluding hydrogens is 236 g/mol. The van der Waals surface area contributed by atoms with Crippen LogP contribution in [0.3, 0.4) is 0 Å². The number of benzene rings is 1. The molecule has 1 atom stereocenters. The summed E-state index contributed by atoms with van der Waals surface area (Å²) in [4.78, 5) is 12.1. The van der Waals surface area contributed by atoms with Crippen molar-refractivity contribution in [3.8, 4) is 0 Å². The molecule has 90 valence electrons. The Hall–Kier alpha value is -1.39. The average Bonchev–Trinajstić information content (AvgIpc) is 2.72. The quantitative estimate of drug-likeness (QED) is 0.849. The maximum absolute atomic E-state index is 11.3. The number of aliphatic hydroxyl groups excluding tert-OH is 1. The van der Waals surface area contributed by atoms with Crippen molar-refractivity contribution in [1.82, 2.24) is 0 Å². The summed E-state index contributed by atoms with van der Waals surface area (Å²) in [6.45, 7) is 2.10. The highest BCUT2D eigenvalue weighted by Crippen LogP contribution is 2.31. The Bertz CT molecular complexity index is 485. The van der Waals surface area contributed by atoms with Crippen molar-refractivity contribution >= 4 is 27.4 Å². The first-order chi connectivity index (χ1) is 8.20. The molecule has 3 nitrogen and oxygen atoms in total. The smallest absolute Gasteiger partial charge is 0.308 e. The zero-order chi connectivity index (χ0) is 12.3. The van der Waals surface area contributed by atoms with E-state index in [1.54, 1.807) is 6.92 Å². The monoisotopic (exact) mass is 250 g/mol. The average molecular weight is 250 g/mol. The van der Waals surface area contributed by atoms with Gasteiger partial charge in [0.25, 0.3) is 0 Å². The Labute approximate surface area is 104 Å². The number of thiophene rings is 1. The first kappa shape index (κ1) is 12.1. The van der Waals surface area contributed by atoms with E-state index in [4.69, 9.17) is 4.74 Å². The van der Waals surface area contributed by atoms with Crippen LogP contribution in [0.25, 0.3) is 10.1 Å². The minimum absolute atomic E-state index is 0.0145. The Morgan fingerprint density at radius 2 is 2.24 bits per heavy atom. The van der Waals surface area contributed by atoms with E-state index >= 15 is 0 Å². The van der Waals surface area contributed by atoms with Gasteiger partial charge in [-0.05, 0) is 24.4 Å². The highest BCUT2D eigenvalue weighted by atomic mass is 32.1. The molecule has 4 heteroatoms. The second-order valence-electron chi connectivity index (χ2n) is 3.71. The molecule has 17 heavy (non-hydrogen) atoms. The normalized spacial score (nSPS) is 12.6. The lowest BCUT2D eigenvalue weighted by molar-refractivity contribution is -0.145. The number of ether oxygens (including phenoxy) is 1. The molecule has 0 fully saturated rings. The van der Waals surface area contributed by atoms with Crippen LogP contribution in [0.15, 0.2) is 30.3 Å². The lowest BCUT2D eigenvalue weighted by Gasteiger charge is -2.06. The number of hydrogen-bond acceptors (Lipinski definition) is 4. The maximum Gasteiger partial charge on any atom is 0.308 e. The van der Waals surface area contributed by atoms with E-state index in [1.165, 1.54) is 11.3 Å². The molecule has 0 aliphatic heterocycles. The molecule has 1 aromatic carbocycles. The number of fused-ring (bicyclic) bond motifs is 1. The van der Waals surface area contributed by atoms with Crippen molar-refractivity contribution in [3.05, 3.63) is 35.2 Å². The van der Waals surface area contributed by atoms with Crippen LogP contribution in [0.4, 0.5) is 0 Å². The molecule has 0 aliphatic carbocycles. The Morgan fingerprint density at radius 3 is 2.94 bits per heavy atom. The molecule has 0 radical (unpaired) electrons. The molecule has 0 bridgehead atoms. The largest absolute Gasteiger partial charge is 0.466 e. The first-order valence-corrected chi connectivity index (χ1v) is 6.34.